The van der Waals surface area contributed by atoms with E-state index in [2.05, 4.69) is 5.32 Å². The van der Waals surface area contributed by atoms with Crippen molar-refractivity contribution in [2.24, 2.45) is 0 Å². The number of carbonyl (C=O) groups excluding carboxylic acids is 2. The number of nitrogens with one attached hydrogen (secondary N) is 1. The van der Waals surface area contributed by atoms with E-state index in [9.17, 15) is 22.4 Å². The van der Waals surface area contributed by atoms with E-state index in [0.29, 0.717) is 11.4 Å². The van der Waals surface area contributed by atoms with Gasteiger partial charge in [-0.05, 0) is 52.3 Å². The molecule has 2 aromatic rings. The lowest BCUT2D eigenvalue weighted by molar-refractivity contribution is -0.141. The number of nitrogens with zero attached hydrogens (tertiary/aromatic N) is 2. The average Bonchev–Trinajstić information content (AvgIpc) is 2.78. The monoisotopic (exact) mass is 521 g/mol. The van der Waals surface area contributed by atoms with Gasteiger partial charge in [-0.25, -0.2) is 12.8 Å². The van der Waals surface area contributed by atoms with Gasteiger partial charge in [0.05, 0.1) is 19.1 Å². The highest BCUT2D eigenvalue weighted by Gasteiger charge is 2.29. The zero-order chi connectivity index (χ0) is 27.1. The van der Waals surface area contributed by atoms with Gasteiger partial charge in [0.25, 0.3) is 0 Å². The summed E-state index contributed by atoms with van der Waals surface area (Å²) in [6, 6.07) is 11.9. The van der Waals surface area contributed by atoms with Crippen LogP contribution < -0.4 is 14.4 Å². The van der Waals surface area contributed by atoms with Crippen molar-refractivity contribution in [2.75, 3.05) is 24.2 Å². The Morgan fingerprint density at radius 3 is 2.36 bits per heavy atom. The summed E-state index contributed by atoms with van der Waals surface area (Å²) < 4.78 is 45.7. The maximum Gasteiger partial charge on any atom is 0.242 e. The number of sulfonamides is 1. The molecule has 2 aromatic carbocycles. The second kappa shape index (κ2) is 12.2. The van der Waals surface area contributed by atoms with E-state index in [1.54, 1.807) is 49.4 Å². The van der Waals surface area contributed by atoms with Crippen molar-refractivity contribution < 1.29 is 27.1 Å². The molecule has 10 heteroatoms. The molecule has 36 heavy (non-hydrogen) atoms. The molecule has 1 N–H and O–H groups in total. The van der Waals surface area contributed by atoms with Crippen molar-refractivity contribution in [3.05, 3.63) is 59.9 Å². The summed E-state index contributed by atoms with van der Waals surface area (Å²) in [4.78, 5) is 27.4. The highest BCUT2D eigenvalue weighted by atomic mass is 32.2. The predicted octanol–water partition coefficient (Wildman–Crippen LogP) is 3.71. The lowest BCUT2D eigenvalue weighted by atomic mass is 10.1. The summed E-state index contributed by atoms with van der Waals surface area (Å²) in [5.41, 5.74) is 0.200. The van der Waals surface area contributed by atoms with Crippen LogP contribution >= 0.6 is 0 Å². The molecular formula is C26H36FN3O5S. The van der Waals surface area contributed by atoms with Crippen molar-refractivity contribution in [1.29, 1.82) is 0 Å². The van der Waals surface area contributed by atoms with Gasteiger partial charge in [-0.2, -0.15) is 0 Å². The van der Waals surface area contributed by atoms with Crippen molar-refractivity contribution in [2.45, 2.75) is 58.7 Å². The van der Waals surface area contributed by atoms with E-state index in [4.69, 9.17) is 4.74 Å². The molecule has 1 atom stereocenters. The Balaban J connectivity index is 2.21. The van der Waals surface area contributed by atoms with Crippen LogP contribution in [0.2, 0.25) is 0 Å². The van der Waals surface area contributed by atoms with Crippen LogP contribution in [0.1, 0.15) is 46.1 Å². The van der Waals surface area contributed by atoms with Crippen molar-refractivity contribution in [3.8, 4) is 5.75 Å². The van der Waals surface area contributed by atoms with E-state index in [-0.39, 0.29) is 43.3 Å². The Morgan fingerprint density at radius 1 is 1.11 bits per heavy atom. The third-order valence-corrected chi connectivity index (χ3v) is 6.65. The number of ether oxygens (including phenoxy) is 1. The molecule has 2 rings (SSSR count). The minimum absolute atomic E-state index is 0.0302. The summed E-state index contributed by atoms with van der Waals surface area (Å²) in [5, 5.41) is 2.86. The predicted molar refractivity (Wildman–Crippen MR) is 139 cm³/mol. The van der Waals surface area contributed by atoms with Crippen molar-refractivity contribution in [1.82, 2.24) is 10.2 Å². The third-order valence-electron chi connectivity index (χ3n) is 5.46. The Labute approximate surface area is 213 Å². The number of hydrogen-bond acceptors (Lipinski definition) is 5. The second-order valence-corrected chi connectivity index (χ2v) is 11.6. The minimum Gasteiger partial charge on any atom is -0.497 e. The van der Waals surface area contributed by atoms with Crippen LogP contribution in [0.3, 0.4) is 0 Å². The zero-order valence-corrected chi connectivity index (χ0v) is 22.6. The van der Waals surface area contributed by atoms with E-state index < -0.39 is 27.4 Å². The molecule has 0 radical (unpaired) electrons. The number of methoxy groups -OCH3 is 1. The molecule has 8 nitrogen and oxygen atoms in total. The summed E-state index contributed by atoms with van der Waals surface area (Å²) in [5.74, 6) is -0.706. The molecular weight excluding hydrogens is 485 g/mol. The topological polar surface area (TPSA) is 96.0 Å². The van der Waals surface area contributed by atoms with Gasteiger partial charge in [0.15, 0.2) is 0 Å². The number of benzene rings is 2. The number of amides is 2. The fourth-order valence-electron chi connectivity index (χ4n) is 3.64. The summed E-state index contributed by atoms with van der Waals surface area (Å²) in [6.45, 7) is 7.06. The Hall–Kier alpha value is -3.14. The van der Waals surface area contributed by atoms with E-state index in [1.165, 1.54) is 22.4 Å². The van der Waals surface area contributed by atoms with Gasteiger partial charge >= 0.3 is 0 Å². The molecule has 0 heterocycles. The second-order valence-electron chi connectivity index (χ2n) is 9.67. The molecule has 0 aliphatic rings. The first-order chi connectivity index (χ1) is 16.7. The molecule has 0 aliphatic heterocycles. The number of rotatable bonds is 11. The molecule has 0 saturated heterocycles. The van der Waals surface area contributed by atoms with Gasteiger partial charge in [0.2, 0.25) is 21.8 Å². The van der Waals surface area contributed by atoms with Gasteiger partial charge in [-0.1, -0.05) is 24.3 Å². The first-order valence-electron chi connectivity index (χ1n) is 11.7. The first-order valence-corrected chi connectivity index (χ1v) is 13.5. The van der Waals surface area contributed by atoms with Gasteiger partial charge in [-0.15, -0.1) is 0 Å². The molecule has 0 aromatic heterocycles. The van der Waals surface area contributed by atoms with Gasteiger partial charge in [-0.3, -0.25) is 13.9 Å². The fraction of sp³-hybridized carbons (Fsp3) is 0.462. The smallest absolute Gasteiger partial charge is 0.242 e. The molecule has 0 spiro atoms. The molecule has 0 bridgehead atoms. The SMILES string of the molecule is COc1cccc(N(CCCC(=O)N(Cc2ccccc2F)[C@H](C)C(=O)NC(C)(C)C)S(C)(=O)=O)c1. The van der Waals surface area contributed by atoms with E-state index in [1.807, 2.05) is 20.8 Å². The molecule has 2 amide bonds. The van der Waals surface area contributed by atoms with Crippen LogP contribution in [0, 0.1) is 5.82 Å². The van der Waals surface area contributed by atoms with E-state index >= 15 is 0 Å². The normalized spacial score (nSPS) is 12.5. The standard InChI is InChI=1S/C26H36FN3O5S/c1-19(25(32)28-26(2,3)4)29(18-20-11-7-8-14-23(20)27)24(31)15-10-16-30(36(6,33)34)21-12-9-13-22(17-21)35-5/h7-9,11-14,17,19H,10,15-16,18H2,1-6H3,(H,28,32)/t19-/m1/s1. The first kappa shape index (κ1) is 29.1. The van der Waals surface area contributed by atoms with Crippen LogP contribution in [0.15, 0.2) is 48.5 Å². The highest BCUT2D eigenvalue weighted by molar-refractivity contribution is 7.92. The molecule has 0 unspecified atom stereocenters. The van der Waals surface area contributed by atoms with Crippen LogP contribution in [0.25, 0.3) is 0 Å². The fourth-order valence-corrected chi connectivity index (χ4v) is 4.59. The zero-order valence-electron chi connectivity index (χ0n) is 21.7. The largest absolute Gasteiger partial charge is 0.497 e. The molecule has 0 fully saturated rings. The van der Waals surface area contributed by atoms with Crippen LogP contribution in [-0.4, -0.2) is 56.6 Å². The lowest BCUT2D eigenvalue weighted by Gasteiger charge is -2.32. The maximum absolute atomic E-state index is 14.4. The molecule has 0 aliphatic carbocycles. The average molecular weight is 522 g/mol. The molecule has 0 saturated carbocycles. The number of halogens is 1. The highest BCUT2D eigenvalue weighted by Crippen LogP contribution is 2.24. The van der Waals surface area contributed by atoms with Crippen molar-refractivity contribution in [3.63, 3.8) is 0 Å². The Morgan fingerprint density at radius 2 is 1.78 bits per heavy atom. The number of carbonyl (C=O) groups is 2. The number of hydrogen-bond donors (Lipinski definition) is 1. The van der Waals surface area contributed by atoms with E-state index in [0.717, 1.165) is 6.26 Å². The van der Waals surface area contributed by atoms with Crippen LogP contribution in [0.4, 0.5) is 10.1 Å². The van der Waals surface area contributed by atoms with Gasteiger partial charge < -0.3 is 15.0 Å². The summed E-state index contributed by atoms with van der Waals surface area (Å²) in [6.07, 6.45) is 1.26. The summed E-state index contributed by atoms with van der Waals surface area (Å²) in [7, 11) is -2.14. The Kier molecular flexibility index (Phi) is 9.86. The van der Waals surface area contributed by atoms with Crippen LogP contribution in [-0.2, 0) is 26.2 Å². The summed E-state index contributed by atoms with van der Waals surface area (Å²) >= 11 is 0. The Bertz CT molecular complexity index is 1160. The minimum atomic E-state index is -3.63. The number of anilines is 1. The lowest BCUT2D eigenvalue weighted by Crippen LogP contribution is -2.52. The van der Waals surface area contributed by atoms with Crippen LogP contribution in [0.5, 0.6) is 5.75 Å². The van der Waals surface area contributed by atoms with Gasteiger partial charge in [0.1, 0.15) is 17.6 Å². The molecule has 198 valence electrons. The van der Waals surface area contributed by atoms with Gasteiger partial charge in [0, 0.05) is 36.7 Å². The third kappa shape index (κ3) is 8.51. The maximum atomic E-state index is 14.4. The van der Waals surface area contributed by atoms with Crippen molar-refractivity contribution >= 4 is 27.5 Å². The quantitative estimate of drug-likeness (QED) is 0.486.